The zero-order chi connectivity index (χ0) is 31.6. The molecule has 3 aromatic rings. The molecule has 1 fully saturated rings. The van der Waals surface area contributed by atoms with Crippen molar-refractivity contribution < 1.29 is 29.0 Å². The van der Waals surface area contributed by atoms with Crippen LogP contribution in [0, 0.1) is 17.8 Å². The number of benzene rings is 3. The van der Waals surface area contributed by atoms with Crippen molar-refractivity contribution in [3.05, 3.63) is 110 Å². The van der Waals surface area contributed by atoms with Crippen LogP contribution in [-0.4, -0.2) is 35.6 Å². The maximum Gasteiger partial charge on any atom is 0.238 e. The average molecular weight is 730 g/mol. The molecular weight excluding hydrogens is 704 g/mol. The zero-order valence-corrected chi connectivity index (χ0v) is 27.1. The monoisotopic (exact) mass is 728 g/mol. The third-order valence-electron chi connectivity index (χ3n) is 9.12. The number of carbonyl (C=O) groups is 4. The largest absolute Gasteiger partial charge is 0.504 e. The molecular formula is C35H26Br2N2O6. The number of halogens is 2. The van der Waals surface area contributed by atoms with E-state index in [0.29, 0.717) is 15.7 Å². The van der Waals surface area contributed by atoms with E-state index in [4.69, 9.17) is 4.74 Å². The van der Waals surface area contributed by atoms with Gasteiger partial charge in [-0.3, -0.25) is 24.1 Å². The molecule has 2 amide bonds. The summed E-state index contributed by atoms with van der Waals surface area (Å²) in [5.74, 6) is -3.97. The molecule has 3 aromatic carbocycles. The third kappa shape index (κ3) is 4.78. The first-order valence-electron chi connectivity index (χ1n) is 14.4. The van der Waals surface area contributed by atoms with Gasteiger partial charge >= 0.3 is 0 Å². The quantitative estimate of drug-likeness (QED) is 0.167. The second-order valence-corrected chi connectivity index (χ2v) is 13.3. The number of hydrogen-bond donors (Lipinski definition) is 2. The fourth-order valence-corrected chi connectivity index (χ4v) is 8.07. The molecule has 1 aliphatic heterocycles. The van der Waals surface area contributed by atoms with Gasteiger partial charge < -0.3 is 15.2 Å². The number of ether oxygens (including phenoxy) is 1. The topological polar surface area (TPSA) is 113 Å². The number of para-hydroxylation sites is 1. The highest BCUT2D eigenvalue weighted by atomic mass is 79.9. The Kier molecular flexibility index (Phi) is 7.37. The predicted octanol–water partition coefficient (Wildman–Crippen LogP) is 6.87. The van der Waals surface area contributed by atoms with Crippen LogP contribution in [0.2, 0.25) is 0 Å². The number of rotatable bonds is 5. The summed E-state index contributed by atoms with van der Waals surface area (Å²) in [6.45, 7) is 0. The maximum absolute atomic E-state index is 14.2. The number of anilines is 3. The summed E-state index contributed by atoms with van der Waals surface area (Å²) in [6.07, 6.45) is 3.60. The molecule has 10 heteroatoms. The minimum absolute atomic E-state index is 0.130. The smallest absolute Gasteiger partial charge is 0.238 e. The lowest BCUT2D eigenvalue weighted by Gasteiger charge is -2.42. The van der Waals surface area contributed by atoms with E-state index in [1.807, 2.05) is 48.5 Å². The Morgan fingerprint density at radius 3 is 2.33 bits per heavy atom. The molecule has 8 nitrogen and oxygen atoms in total. The summed E-state index contributed by atoms with van der Waals surface area (Å²) in [7, 11) is 1.43. The Labute approximate surface area is 275 Å². The molecule has 0 radical (unpaired) electrons. The van der Waals surface area contributed by atoms with E-state index in [2.05, 4.69) is 37.2 Å². The predicted molar refractivity (Wildman–Crippen MR) is 176 cm³/mol. The van der Waals surface area contributed by atoms with E-state index >= 15 is 0 Å². The highest BCUT2D eigenvalue weighted by molar-refractivity contribution is 9.12. The lowest BCUT2D eigenvalue weighted by molar-refractivity contribution is -0.123. The number of aromatic hydroxyl groups is 1. The first-order valence-corrected chi connectivity index (χ1v) is 16.0. The molecule has 4 atom stereocenters. The lowest BCUT2D eigenvalue weighted by Crippen LogP contribution is -2.39. The standard InChI is InChI=1S/C35H26Br2N2O6/c1-45-28-14-17(36)13-24(33(28)42)29-21-11-12-22-30(23(21)15-25-31(29)27(40)16-26(37)32(25)41)35(44)39(34(22)43)20-9-7-19(8-10-20)38-18-5-3-2-4-6-18/h2-11,13-14,16,22-23,29-30,38,42H,12,15H2,1H3/t22-,23+,29+,30-/m0/s1. The zero-order valence-electron chi connectivity index (χ0n) is 23.9. The molecule has 4 aliphatic rings. The van der Waals surface area contributed by atoms with Crippen LogP contribution in [0.15, 0.2) is 105 Å². The normalized spacial score (nSPS) is 24.1. The number of methoxy groups -OCH3 is 1. The van der Waals surface area contributed by atoms with Crippen LogP contribution in [-0.2, 0) is 19.2 Å². The minimum atomic E-state index is -0.806. The van der Waals surface area contributed by atoms with Gasteiger partial charge in [0, 0.05) is 44.6 Å². The van der Waals surface area contributed by atoms with E-state index in [1.165, 1.54) is 18.1 Å². The van der Waals surface area contributed by atoms with Crippen molar-refractivity contribution in [3.8, 4) is 11.5 Å². The van der Waals surface area contributed by atoms with Gasteiger partial charge in [0.25, 0.3) is 0 Å². The van der Waals surface area contributed by atoms with Crippen molar-refractivity contribution in [1.29, 1.82) is 0 Å². The number of Topliss-reactive ketones (excluding diaryl/α,β-unsaturated/α-hetero) is 1. The first kappa shape index (κ1) is 29.4. The van der Waals surface area contributed by atoms with Crippen LogP contribution in [0.3, 0.4) is 0 Å². The van der Waals surface area contributed by atoms with Crippen molar-refractivity contribution in [2.24, 2.45) is 17.8 Å². The van der Waals surface area contributed by atoms with E-state index in [-0.39, 0.29) is 63.4 Å². The second-order valence-electron chi connectivity index (χ2n) is 11.5. The van der Waals surface area contributed by atoms with Crippen LogP contribution in [0.25, 0.3) is 0 Å². The molecule has 2 N–H and O–H groups in total. The highest BCUT2D eigenvalue weighted by Gasteiger charge is 2.57. The Bertz CT molecular complexity index is 1900. The highest BCUT2D eigenvalue weighted by Crippen LogP contribution is 2.57. The molecule has 0 aromatic heterocycles. The molecule has 226 valence electrons. The summed E-state index contributed by atoms with van der Waals surface area (Å²) in [5.41, 5.74) is 3.87. The van der Waals surface area contributed by atoms with Gasteiger partial charge in [0.15, 0.2) is 23.1 Å². The van der Waals surface area contributed by atoms with E-state index in [9.17, 15) is 24.3 Å². The molecule has 0 spiro atoms. The molecule has 1 heterocycles. The number of amides is 2. The number of imide groups is 1. The van der Waals surface area contributed by atoms with E-state index < -0.39 is 23.7 Å². The number of ketones is 2. The number of nitrogens with one attached hydrogen (secondary N) is 1. The van der Waals surface area contributed by atoms with Crippen LogP contribution in [0.1, 0.15) is 24.3 Å². The summed E-state index contributed by atoms with van der Waals surface area (Å²) >= 11 is 6.72. The molecule has 0 saturated carbocycles. The Balaban J connectivity index is 1.28. The van der Waals surface area contributed by atoms with Crippen molar-refractivity contribution in [3.63, 3.8) is 0 Å². The SMILES string of the molecule is COc1cc(Br)cc([C@H]2C3=CC[C@@H]4C(=O)N(c5ccc(Nc6ccccc6)cc5)C(=O)[C@@H]4[C@@H]3CC3=C2C(=O)C=C(Br)C3=O)c1O. The lowest BCUT2D eigenvalue weighted by atomic mass is 9.59. The Hall–Kier alpha value is -4.28. The van der Waals surface area contributed by atoms with Crippen LogP contribution < -0.4 is 15.0 Å². The molecule has 0 unspecified atom stereocenters. The van der Waals surface area contributed by atoms with Crippen LogP contribution in [0.5, 0.6) is 11.5 Å². The van der Waals surface area contributed by atoms with Gasteiger partial charge in [0.1, 0.15) is 0 Å². The van der Waals surface area contributed by atoms with Gasteiger partial charge in [-0.15, -0.1) is 0 Å². The molecule has 45 heavy (non-hydrogen) atoms. The number of nitrogens with zero attached hydrogens (tertiary/aromatic N) is 1. The first-order chi connectivity index (χ1) is 21.7. The number of carbonyl (C=O) groups excluding carboxylic acids is 4. The molecule has 1 saturated heterocycles. The van der Waals surface area contributed by atoms with Gasteiger partial charge in [-0.1, -0.05) is 45.8 Å². The van der Waals surface area contributed by atoms with Gasteiger partial charge in [-0.2, -0.15) is 0 Å². The van der Waals surface area contributed by atoms with Crippen molar-refractivity contribution in [2.45, 2.75) is 18.8 Å². The second kappa shape index (κ2) is 11.3. The fourth-order valence-electron chi connectivity index (χ4n) is 7.17. The molecule has 0 bridgehead atoms. The van der Waals surface area contributed by atoms with Gasteiger partial charge in [0.2, 0.25) is 11.8 Å². The number of hydrogen-bond acceptors (Lipinski definition) is 7. The van der Waals surface area contributed by atoms with Crippen molar-refractivity contribution in [1.82, 2.24) is 0 Å². The number of phenolic OH excluding ortho intramolecular Hbond substituents is 1. The van der Waals surface area contributed by atoms with Crippen LogP contribution >= 0.6 is 31.9 Å². The summed E-state index contributed by atoms with van der Waals surface area (Å²) in [4.78, 5) is 56.3. The number of allylic oxidation sites excluding steroid dienone is 6. The number of phenols is 1. The Morgan fingerprint density at radius 2 is 1.62 bits per heavy atom. The van der Waals surface area contributed by atoms with Crippen molar-refractivity contribution in [2.75, 3.05) is 17.3 Å². The Morgan fingerprint density at radius 1 is 0.911 bits per heavy atom. The van der Waals surface area contributed by atoms with E-state index in [1.54, 1.807) is 24.3 Å². The van der Waals surface area contributed by atoms with Crippen LogP contribution in [0.4, 0.5) is 17.1 Å². The number of fused-ring (bicyclic) bond motifs is 3. The molecule has 3 aliphatic carbocycles. The van der Waals surface area contributed by atoms with Crippen molar-refractivity contribution >= 4 is 72.3 Å². The maximum atomic E-state index is 14.2. The minimum Gasteiger partial charge on any atom is -0.504 e. The molecule has 7 rings (SSSR count). The van der Waals surface area contributed by atoms with Gasteiger partial charge in [-0.25, -0.2) is 0 Å². The fraction of sp³-hybridized carbons (Fsp3) is 0.200. The average Bonchev–Trinajstić information content (AvgIpc) is 3.30. The summed E-state index contributed by atoms with van der Waals surface area (Å²) < 4.78 is 6.15. The van der Waals surface area contributed by atoms with Gasteiger partial charge in [-0.05, 0) is 83.2 Å². The summed E-state index contributed by atoms with van der Waals surface area (Å²) in [5, 5.41) is 14.6. The van der Waals surface area contributed by atoms with E-state index in [0.717, 1.165) is 16.9 Å². The summed E-state index contributed by atoms with van der Waals surface area (Å²) in [6, 6.07) is 20.1. The third-order valence-corrected chi connectivity index (χ3v) is 10.2. The van der Waals surface area contributed by atoms with Gasteiger partial charge in [0.05, 0.1) is 29.1 Å².